The first-order chi connectivity index (χ1) is 8.52. The highest BCUT2D eigenvalue weighted by Crippen LogP contribution is 2.20. The highest BCUT2D eigenvalue weighted by Gasteiger charge is 2.08. The van der Waals surface area contributed by atoms with Crippen molar-refractivity contribution in [1.29, 1.82) is 5.26 Å². The first kappa shape index (κ1) is 11.9. The average molecular weight is 241 g/mol. The van der Waals surface area contributed by atoms with Gasteiger partial charge in [0.2, 0.25) is 11.3 Å². The molecule has 0 saturated heterocycles. The van der Waals surface area contributed by atoms with Crippen molar-refractivity contribution in [3.63, 3.8) is 0 Å². The van der Waals surface area contributed by atoms with Gasteiger partial charge in [-0.3, -0.25) is 9.59 Å². The number of benzene rings is 1. The lowest BCUT2D eigenvalue weighted by Crippen LogP contribution is -2.11. The lowest BCUT2D eigenvalue weighted by atomic mass is 10.1. The summed E-state index contributed by atoms with van der Waals surface area (Å²) in [4.78, 5) is 25.9. The number of hydrogen-bond donors (Lipinski definition) is 2. The smallest absolute Gasteiger partial charge is 0.221 e. The second kappa shape index (κ2) is 4.34. The molecule has 2 N–H and O–H groups in total. The number of H-pyrrole nitrogens is 1. The van der Waals surface area contributed by atoms with Crippen LogP contribution in [-0.4, -0.2) is 10.9 Å². The van der Waals surface area contributed by atoms with Crippen molar-refractivity contribution in [1.82, 2.24) is 4.98 Å². The van der Waals surface area contributed by atoms with E-state index in [1.165, 1.54) is 13.1 Å². The molecule has 2 rings (SSSR count). The van der Waals surface area contributed by atoms with E-state index in [4.69, 9.17) is 5.26 Å². The predicted octanol–water partition coefficient (Wildman–Crippen LogP) is 1.67. The Balaban J connectivity index is 2.75. The largest absolute Gasteiger partial charge is 0.360 e. The Morgan fingerprint density at radius 2 is 2.17 bits per heavy atom. The minimum atomic E-state index is -0.335. The number of amides is 1. The number of nitrogens with one attached hydrogen (secondary N) is 2. The van der Waals surface area contributed by atoms with Crippen LogP contribution in [0.4, 0.5) is 5.69 Å². The van der Waals surface area contributed by atoms with Gasteiger partial charge >= 0.3 is 0 Å². The second-order valence-corrected chi connectivity index (χ2v) is 4.04. The molecule has 0 fully saturated rings. The van der Waals surface area contributed by atoms with E-state index in [1.54, 1.807) is 12.1 Å². The summed E-state index contributed by atoms with van der Waals surface area (Å²) in [5.41, 5.74) is 1.79. The van der Waals surface area contributed by atoms with Crippen molar-refractivity contribution in [3.05, 3.63) is 39.7 Å². The molecule has 1 aromatic heterocycles. The number of rotatable bonds is 1. The second-order valence-electron chi connectivity index (χ2n) is 4.04. The molecule has 0 aliphatic rings. The van der Waals surface area contributed by atoms with E-state index < -0.39 is 0 Å². The van der Waals surface area contributed by atoms with Gasteiger partial charge in [0, 0.05) is 29.7 Å². The molecule has 5 nitrogen and oxygen atoms in total. The van der Waals surface area contributed by atoms with Crippen molar-refractivity contribution in [3.8, 4) is 6.07 Å². The fourth-order valence-electron chi connectivity index (χ4n) is 1.78. The number of anilines is 1. The predicted molar refractivity (Wildman–Crippen MR) is 68.3 cm³/mol. The molecule has 90 valence electrons. The van der Waals surface area contributed by atoms with Crippen LogP contribution in [0, 0.1) is 18.3 Å². The van der Waals surface area contributed by atoms with Crippen molar-refractivity contribution in [2.24, 2.45) is 0 Å². The third-order valence-corrected chi connectivity index (χ3v) is 2.66. The van der Waals surface area contributed by atoms with Gasteiger partial charge < -0.3 is 10.3 Å². The van der Waals surface area contributed by atoms with E-state index in [-0.39, 0.29) is 16.9 Å². The summed E-state index contributed by atoms with van der Waals surface area (Å²) in [6.07, 6.45) is 1.39. The summed E-state index contributed by atoms with van der Waals surface area (Å²) in [6.45, 7) is 3.24. The van der Waals surface area contributed by atoms with E-state index in [1.807, 2.05) is 13.0 Å². The molecule has 0 aliphatic heterocycles. The molecule has 0 saturated carbocycles. The van der Waals surface area contributed by atoms with E-state index in [2.05, 4.69) is 10.3 Å². The first-order valence-corrected chi connectivity index (χ1v) is 5.36. The summed E-state index contributed by atoms with van der Waals surface area (Å²) in [5, 5.41) is 11.9. The average Bonchev–Trinajstić information content (AvgIpc) is 2.31. The van der Waals surface area contributed by atoms with Crippen LogP contribution >= 0.6 is 0 Å². The molecule has 2 aromatic rings. The molecule has 1 amide bonds. The van der Waals surface area contributed by atoms with Crippen LogP contribution in [0.3, 0.4) is 0 Å². The van der Waals surface area contributed by atoms with Gasteiger partial charge in [-0.1, -0.05) is 0 Å². The van der Waals surface area contributed by atoms with Gasteiger partial charge in [0.05, 0.1) is 0 Å². The summed E-state index contributed by atoms with van der Waals surface area (Å²) < 4.78 is 0. The number of pyridine rings is 1. The Hall–Kier alpha value is -2.61. The van der Waals surface area contributed by atoms with Crippen molar-refractivity contribution in [2.75, 3.05) is 5.32 Å². The van der Waals surface area contributed by atoms with Crippen molar-refractivity contribution >= 4 is 22.5 Å². The molecular formula is C13H11N3O2. The SMILES string of the molecule is CC(=O)Nc1cc2c(=O)c(C#N)c[nH]c2cc1C. The molecule has 5 heteroatoms. The zero-order chi connectivity index (χ0) is 13.3. The molecule has 0 spiro atoms. The Bertz CT molecular complexity index is 738. The van der Waals surface area contributed by atoms with Crippen molar-refractivity contribution < 1.29 is 4.79 Å². The topological polar surface area (TPSA) is 85.8 Å². The minimum Gasteiger partial charge on any atom is -0.360 e. The number of nitrogens with zero attached hydrogens (tertiary/aromatic N) is 1. The number of hydrogen-bond acceptors (Lipinski definition) is 3. The van der Waals surface area contributed by atoms with E-state index in [9.17, 15) is 9.59 Å². The molecule has 0 unspecified atom stereocenters. The number of carbonyl (C=O) groups excluding carboxylic acids is 1. The van der Waals surface area contributed by atoms with Crippen LogP contribution in [0.15, 0.2) is 23.1 Å². The Labute approximate surface area is 103 Å². The molecule has 1 heterocycles. The van der Waals surface area contributed by atoms with E-state index in [0.29, 0.717) is 16.6 Å². The molecule has 0 atom stereocenters. The highest BCUT2D eigenvalue weighted by molar-refractivity contribution is 5.93. The monoisotopic (exact) mass is 241 g/mol. The summed E-state index contributed by atoms with van der Waals surface area (Å²) in [6, 6.07) is 5.19. The zero-order valence-electron chi connectivity index (χ0n) is 10.00. The normalized spacial score (nSPS) is 10.1. The maximum Gasteiger partial charge on any atom is 0.221 e. The fraction of sp³-hybridized carbons (Fsp3) is 0.154. The molecule has 0 aliphatic carbocycles. The van der Waals surface area contributed by atoms with Gasteiger partial charge in [0.25, 0.3) is 0 Å². The molecule has 1 aromatic carbocycles. The third kappa shape index (κ3) is 1.96. The number of aryl methyl sites for hydroxylation is 1. The standard InChI is InChI=1S/C13H11N3O2/c1-7-3-12-10(4-11(7)16-8(2)17)13(18)9(5-14)6-15-12/h3-4,6H,1-2H3,(H,15,18)(H,16,17). The number of carbonyl (C=O) groups is 1. The van der Waals surface area contributed by atoms with Crippen LogP contribution in [0.1, 0.15) is 18.1 Å². The summed E-state index contributed by atoms with van der Waals surface area (Å²) in [7, 11) is 0. The van der Waals surface area contributed by atoms with Crippen LogP contribution in [0.25, 0.3) is 10.9 Å². The molecular weight excluding hydrogens is 230 g/mol. The molecule has 0 bridgehead atoms. The fourth-order valence-corrected chi connectivity index (χ4v) is 1.78. The Kier molecular flexibility index (Phi) is 2.86. The number of aromatic nitrogens is 1. The van der Waals surface area contributed by atoms with Crippen molar-refractivity contribution in [2.45, 2.75) is 13.8 Å². The number of fused-ring (bicyclic) bond motifs is 1. The van der Waals surface area contributed by atoms with Gasteiger partial charge in [-0.25, -0.2) is 0 Å². The Morgan fingerprint density at radius 1 is 1.44 bits per heavy atom. The summed E-state index contributed by atoms with van der Waals surface area (Å²) in [5.74, 6) is -0.203. The molecule has 18 heavy (non-hydrogen) atoms. The van der Waals surface area contributed by atoms with Crippen LogP contribution < -0.4 is 10.7 Å². The first-order valence-electron chi connectivity index (χ1n) is 5.36. The third-order valence-electron chi connectivity index (χ3n) is 2.66. The van der Waals surface area contributed by atoms with Crippen LogP contribution in [0.5, 0.6) is 0 Å². The van der Waals surface area contributed by atoms with E-state index >= 15 is 0 Å². The van der Waals surface area contributed by atoms with Gasteiger partial charge in [-0.15, -0.1) is 0 Å². The molecule has 0 radical (unpaired) electrons. The lowest BCUT2D eigenvalue weighted by molar-refractivity contribution is -0.114. The van der Waals surface area contributed by atoms with Gasteiger partial charge in [0.1, 0.15) is 11.6 Å². The van der Waals surface area contributed by atoms with Crippen LogP contribution in [0.2, 0.25) is 0 Å². The van der Waals surface area contributed by atoms with Crippen LogP contribution in [-0.2, 0) is 4.79 Å². The number of nitriles is 1. The Morgan fingerprint density at radius 3 is 2.78 bits per heavy atom. The maximum atomic E-state index is 12.0. The van der Waals surface area contributed by atoms with Gasteiger partial charge in [-0.05, 0) is 24.6 Å². The van der Waals surface area contributed by atoms with Gasteiger partial charge in [0.15, 0.2) is 0 Å². The number of aromatic amines is 1. The van der Waals surface area contributed by atoms with E-state index in [0.717, 1.165) is 5.56 Å². The highest BCUT2D eigenvalue weighted by atomic mass is 16.1. The maximum absolute atomic E-state index is 12.0. The summed E-state index contributed by atoms with van der Waals surface area (Å²) >= 11 is 0. The quantitative estimate of drug-likeness (QED) is 0.796. The zero-order valence-corrected chi connectivity index (χ0v) is 10.00. The minimum absolute atomic E-state index is 0.0557. The van der Waals surface area contributed by atoms with Gasteiger partial charge in [-0.2, -0.15) is 5.26 Å². The lowest BCUT2D eigenvalue weighted by Gasteiger charge is -2.08.